The van der Waals surface area contributed by atoms with Crippen molar-refractivity contribution in [2.45, 2.75) is 25.8 Å². The number of ether oxygens (including phenoxy) is 1. The van der Waals surface area contributed by atoms with Gasteiger partial charge in [-0.2, -0.15) is 0 Å². The van der Waals surface area contributed by atoms with Gasteiger partial charge in [-0.15, -0.1) is 0 Å². The summed E-state index contributed by atoms with van der Waals surface area (Å²) in [6.07, 6.45) is 2.14. The highest BCUT2D eigenvalue weighted by Gasteiger charge is 2.40. The van der Waals surface area contributed by atoms with Crippen molar-refractivity contribution in [2.24, 2.45) is 5.92 Å². The number of nitrogens with zero attached hydrogens (tertiary/aromatic N) is 2. The minimum Gasteiger partial charge on any atom is -0.497 e. The molecule has 142 valence electrons. The summed E-state index contributed by atoms with van der Waals surface area (Å²) in [7, 11) is 1.62. The largest absolute Gasteiger partial charge is 0.497 e. The number of nitrogens with one attached hydrogen (secondary N) is 1. The molecule has 2 heterocycles. The number of aromatic nitrogens is 1. The maximum absolute atomic E-state index is 12.9. The Kier molecular flexibility index (Phi) is 6.06. The van der Waals surface area contributed by atoms with Gasteiger partial charge in [-0.1, -0.05) is 25.1 Å². The molecule has 0 saturated carbocycles. The quantitative estimate of drug-likeness (QED) is 0.851. The maximum atomic E-state index is 12.9. The molecular weight excluding hydrogens is 342 g/mol. The number of carbonyl (C=O) groups excluding carboxylic acids is 2. The average molecular weight is 367 g/mol. The summed E-state index contributed by atoms with van der Waals surface area (Å²) >= 11 is 0. The molecule has 6 nitrogen and oxygen atoms in total. The van der Waals surface area contributed by atoms with Crippen LogP contribution in [-0.4, -0.2) is 41.9 Å². The molecule has 0 aliphatic carbocycles. The summed E-state index contributed by atoms with van der Waals surface area (Å²) in [4.78, 5) is 31.2. The van der Waals surface area contributed by atoms with Crippen molar-refractivity contribution >= 4 is 11.8 Å². The predicted octanol–water partition coefficient (Wildman–Crippen LogP) is 2.36. The lowest BCUT2D eigenvalue weighted by Gasteiger charge is -2.18. The highest BCUT2D eigenvalue weighted by atomic mass is 16.5. The number of pyridine rings is 1. The first kappa shape index (κ1) is 18.9. The number of rotatable bonds is 6. The molecule has 1 aliphatic heterocycles. The Hall–Kier alpha value is -2.89. The average Bonchev–Trinajstić information content (AvgIpc) is 3.18. The number of benzene rings is 1. The van der Waals surface area contributed by atoms with E-state index in [1.807, 2.05) is 49.4 Å². The molecule has 1 aromatic carbocycles. The van der Waals surface area contributed by atoms with Crippen molar-refractivity contribution in [2.75, 3.05) is 20.2 Å². The number of likely N-dealkylation sites (tertiary alicyclic amines) is 1. The number of carbonyl (C=O) groups is 2. The lowest BCUT2D eigenvalue weighted by atomic mass is 9.88. The zero-order chi connectivity index (χ0) is 19.2. The molecule has 2 unspecified atom stereocenters. The van der Waals surface area contributed by atoms with E-state index in [0.717, 1.165) is 17.0 Å². The van der Waals surface area contributed by atoms with Crippen molar-refractivity contribution in [1.29, 1.82) is 0 Å². The van der Waals surface area contributed by atoms with Crippen molar-refractivity contribution in [3.63, 3.8) is 0 Å². The van der Waals surface area contributed by atoms with Crippen LogP contribution < -0.4 is 10.1 Å². The molecule has 1 aromatic heterocycles. The fraction of sp³-hybridized carbons (Fsp3) is 0.381. The minimum atomic E-state index is -0.295. The van der Waals surface area contributed by atoms with Gasteiger partial charge in [-0.3, -0.25) is 14.6 Å². The van der Waals surface area contributed by atoms with E-state index in [2.05, 4.69) is 10.3 Å². The highest BCUT2D eigenvalue weighted by Crippen LogP contribution is 2.34. The van der Waals surface area contributed by atoms with Crippen LogP contribution in [0.25, 0.3) is 0 Å². The lowest BCUT2D eigenvalue weighted by Crippen LogP contribution is -2.35. The van der Waals surface area contributed by atoms with E-state index in [1.165, 1.54) is 0 Å². The van der Waals surface area contributed by atoms with Crippen molar-refractivity contribution in [3.8, 4) is 5.75 Å². The van der Waals surface area contributed by atoms with Crippen LogP contribution in [-0.2, 0) is 16.1 Å². The minimum absolute atomic E-state index is 0.0557. The topological polar surface area (TPSA) is 71.5 Å². The molecule has 0 radical (unpaired) electrons. The van der Waals surface area contributed by atoms with Gasteiger partial charge < -0.3 is 15.0 Å². The third kappa shape index (κ3) is 4.45. The van der Waals surface area contributed by atoms with Gasteiger partial charge in [0.25, 0.3) is 0 Å². The summed E-state index contributed by atoms with van der Waals surface area (Å²) in [5.41, 5.74) is 1.82. The molecule has 1 saturated heterocycles. The summed E-state index contributed by atoms with van der Waals surface area (Å²) in [6.45, 7) is 3.20. The summed E-state index contributed by atoms with van der Waals surface area (Å²) in [5, 5.41) is 2.98. The van der Waals surface area contributed by atoms with E-state index >= 15 is 0 Å². The second kappa shape index (κ2) is 8.66. The maximum Gasteiger partial charge on any atom is 0.225 e. The van der Waals surface area contributed by atoms with E-state index in [1.54, 1.807) is 18.2 Å². The molecule has 27 heavy (non-hydrogen) atoms. The van der Waals surface area contributed by atoms with E-state index in [0.29, 0.717) is 26.1 Å². The Labute approximate surface area is 159 Å². The second-order valence-electron chi connectivity index (χ2n) is 6.68. The Balaban J connectivity index is 1.78. The van der Waals surface area contributed by atoms with Gasteiger partial charge in [0.1, 0.15) is 5.75 Å². The van der Waals surface area contributed by atoms with Crippen LogP contribution in [0.5, 0.6) is 5.75 Å². The Morgan fingerprint density at radius 1 is 1.22 bits per heavy atom. The van der Waals surface area contributed by atoms with E-state index in [4.69, 9.17) is 4.74 Å². The number of hydrogen-bond acceptors (Lipinski definition) is 4. The molecule has 1 aliphatic rings. The fourth-order valence-corrected chi connectivity index (χ4v) is 3.52. The van der Waals surface area contributed by atoms with Gasteiger partial charge in [0.2, 0.25) is 11.8 Å². The van der Waals surface area contributed by atoms with Gasteiger partial charge >= 0.3 is 0 Å². The van der Waals surface area contributed by atoms with Crippen molar-refractivity contribution < 1.29 is 14.3 Å². The molecule has 0 bridgehead atoms. The molecular formula is C21H25N3O3. The predicted molar refractivity (Wildman–Crippen MR) is 102 cm³/mol. The molecule has 2 aromatic rings. The van der Waals surface area contributed by atoms with Gasteiger partial charge in [-0.05, 0) is 29.8 Å². The third-order valence-electron chi connectivity index (χ3n) is 5.00. The molecule has 1 N–H and O–H groups in total. The summed E-state index contributed by atoms with van der Waals surface area (Å²) in [6, 6.07) is 13.3. The number of hydrogen-bond donors (Lipinski definition) is 1. The van der Waals surface area contributed by atoms with Crippen LogP contribution in [0.4, 0.5) is 0 Å². The zero-order valence-electron chi connectivity index (χ0n) is 15.7. The second-order valence-corrected chi connectivity index (χ2v) is 6.68. The van der Waals surface area contributed by atoms with Crippen molar-refractivity contribution in [1.82, 2.24) is 15.2 Å². The van der Waals surface area contributed by atoms with Crippen molar-refractivity contribution in [3.05, 3.63) is 59.9 Å². The molecule has 6 heteroatoms. The smallest absolute Gasteiger partial charge is 0.225 e. The van der Waals surface area contributed by atoms with E-state index < -0.39 is 0 Å². The van der Waals surface area contributed by atoms with Gasteiger partial charge in [-0.25, -0.2) is 0 Å². The first-order valence-corrected chi connectivity index (χ1v) is 9.21. The molecule has 3 rings (SSSR count). The Bertz CT molecular complexity index is 794. The van der Waals surface area contributed by atoms with Crippen LogP contribution in [0.2, 0.25) is 0 Å². The van der Waals surface area contributed by atoms with Gasteiger partial charge in [0, 0.05) is 31.6 Å². The standard InChI is InChI=1S/C21H25N3O3/c1-3-20(25)24-13-18(15-7-6-9-17(11-15)27-2)19(14-24)21(26)23-12-16-8-4-5-10-22-16/h4-11,18-19H,3,12-14H2,1-2H3,(H,23,26). The molecule has 2 amide bonds. The van der Waals surface area contributed by atoms with Crippen LogP contribution in [0.15, 0.2) is 48.7 Å². The highest BCUT2D eigenvalue weighted by molar-refractivity contribution is 5.83. The van der Waals surface area contributed by atoms with Crippen LogP contribution in [0.1, 0.15) is 30.5 Å². The summed E-state index contributed by atoms with van der Waals surface area (Å²) in [5.74, 6) is 0.416. The molecule has 0 spiro atoms. The lowest BCUT2D eigenvalue weighted by molar-refractivity contribution is -0.130. The first-order valence-electron chi connectivity index (χ1n) is 9.21. The Morgan fingerprint density at radius 2 is 2.07 bits per heavy atom. The number of amides is 2. The number of methoxy groups -OCH3 is 1. The van der Waals surface area contributed by atoms with Gasteiger partial charge in [0.15, 0.2) is 0 Å². The monoisotopic (exact) mass is 367 g/mol. The van der Waals surface area contributed by atoms with Crippen LogP contribution in [0, 0.1) is 5.92 Å². The molecule has 1 fully saturated rings. The summed E-state index contributed by atoms with van der Waals surface area (Å²) < 4.78 is 5.32. The molecule has 2 atom stereocenters. The van der Waals surface area contributed by atoms with Crippen LogP contribution in [0.3, 0.4) is 0 Å². The van der Waals surface area contributed by atoms with Gasteiger partial charge in [0.05, 0.1) is 25.3 Å². The fourth-order valence-electron chi connectivity index (χ4n) is 3.52. The van der Waals surface area contributed by atoms with E-state index in [-0.39, 0.29) is 23.7 Å². The first-order chi connectivity index (χ1) is 13.1. The zero-order valence-corrected chi connectivity index (χ0v) is 15.7. The SMILES string of the molecule is CCC(=O)N1CC(C(=O)NCc2ccccn2)C(c2cccc(OC)c2)C1. The van der Waals surface area contributed by atoms with Crippen LogP contribution >= 0.6 is 0 Å². The Morgan fingerprint density at radius 3 is 2.78 bits per heavy atom. The third-order valence-corrected chi connectivity index (χ3v) is 5.00. The van der Waals surface area contributed by atoms with E-state index in [9.17, 15) is 9.59 Å². The normalized spacial score (nSPS) is 19.0.